The minimum Gasteiger partial charge on any atom is -0.469 e. The molecule has 2 aromatic heterocycles. The Morgan fingerprint density at radius 1 is 1.42 bits per heavy atom. The van der Waals surface area contributed by atoms with Crippen LogP contribution in [0.1, 0.15) is 45.3 Å². The van der Waals surface area contributed by atoms with Crippen molar-refractivity contribution >= 4 is 17.7 Å². The van der Waals surface area contributed by atoms with Crippen LogP contribution in [-0.2, 0) is 11.3 Å². The molecule has 1 unspecified atom stereocenters. The average Bonchev–Trinajstić information content (AvgIpc) is 3.23. The molecule has 1 aliphatic rings. The van der Waals surface area contributed by atoms with E-state index < -0.39 is 0 Å². The number of amides is 1. The number of unbranched alkanes of at least 4 members (excludes halogenated alkanes) is 1. The Labute approximate surface area is 159 Å². The molecule has 142 valence electrons. The highest BCUT2D eigenvalue weighted by atomic mass is 32.2. The molecule has 7 heteroatoms. The molecule has 1 aliphatic heterocycles. The van der Waals surface area contributed by atoms with E-state index in [-0.39, 0.29) is 5.91 Å². The molecule has 0 aromatic carbocycles. The Bertz CT molecular complexity index is 740. The highest BCUT2D eigenvalue weighted by Crippen LogP contribution is 2.28. The second-order valence-corrected chi connectivity index (χ2v) is 8.02. The van der Waals surface area contributed by atoms with Crippen LogP contribution in [0, 0.1) is 12.8 Å². The van der Waals surface area contributed by atoms with E-state index in [0.717, 1.165) is 61.2 Å². The van der Waals surface area contributed by atoms with Gasteiger partial charge in [0.15, 0.2) is 11.0 Å². The van der Waals surface area contributed by atoms with E-state index >= 15 is 0 Å². The summed E-state index contributed by atoms with van der Waals surface area (Å²) in [5.74, 6) is 2.88. The van der Waals surface area contributed by atoms with Crippen LogP contribution in [0.3, 0.4) is 0 Å². The summed E-state index contributed by atoms with van der Waals surface area (Å²) in [5.41, 5.74) is 0.969. The number of hydrogen-bond acceptors (Lipinski definition) is 5. The first-order valence-electron chi connectivity index (χ1n) is 9.48. The van der Waals surface area contributed by atoms with Gasteiger partial charge in [-0.15, -0.1) is 10.2 Å². The van der Waals surface area contributed by atoms with Crippen molar-refractivity contribution in [3.05, 3.63) is 18.1 Å². The zero-order valence-corrected chi connectivity index (χ0v) is 16.7. The summed E-state index contributed by atoms with van der Waals surface area (Å²) in [7, 11) is 0. The average molecular weight is 377 g/mol. The highest BCUT2D eigenvalue weighted by molar-refractivity contribution is 7.99. The Morgan fingerprint density at radius 2 is 2.27 bits per heavy atom. The van der Waals surface area contributed by atoms with Gasteiger partial charge in [-0.1, -0.05) is 32.0 Å². The van der Waals surface area contributed by atoms with E-state index in [0.29, 0.717) is 11.7 Å². The molecule has 1 saturated heterocycles. The Kier molecular flexibility index (Phi) is 6.40. The molecule has 0 radical (unpaired) electrons. The van der Waals surface area contributed by atoms with Gasteiger partial charge in [0, 0.05) is 19.6 Å². The van der Waals surface area contributed by atoms with Crippen LogP contribution in [0.2, 0.25) is 0 Å². The van der Waals surface area contributed by atoms with Gasteiger partial charge in [0.2, 0.25) is 5.91 Å². The molecule has 1 fully saturated rings. The highest BCUT2D eigenvalue weighted by Gasteiger charge is 2.23. The fraction of sp³-hybridized carbons (Fsp3) is 0.632. The smallest absolute Gasteiger partial charge is 0.233 e. The van der Waals surface area contributed by atoms with E-state index in [9.17, 15) is 4.79 Å². The monoisotopic (exact) mass is 376 g/mol. The van der Waals surface area contributed by atoms with Gasteiger partial charge in [-0.3, -0.25) is 4.79 Å². The molecule has 0 spiro atoms. The summed E-state index contributed by atoms with van der Waals surface area (Å²) in [6.45, 7) is 8.92. The molecule has 26 heavy (non-hydrogen) atoms. The number of likely N-dealkylation sites (tertiary alicyclic amines) is 1. The number of aromatic nitrogens is 3. The number of aryl methyl sites for hydroxylation is 1. The predicted octanol–water partition coefficient (Wildman–Crippen LogP) is 4.00. The number of furan rings is 1. The topological polar surface area (TPSA) is 64.2 Å². The Morgan fingerprint density at radius 3 is 2.96 bits per heavy atom. The maximum absolute atomic E-state index is 12.6. The summed E-state index contributed by atoms with van der Waals surface area (Å²) in [4.78, 5) is 14.6. The van der Waals surface area contributed by atoms with Crippen LogP contribution >= 0.6 is 11.8 Å². The minimum atomic E-state index is 0.202. The van der Waals surface area contributed by atoms with Crippen molar-refractivity contribution in [1.82, 2.24) is 19.7 Å². The number of carbonyl (C=O) groups is 1. The van der Waals surface area contributed by atoms with Gasteiger partial charge < -0.3 is 13.9 Å². The second-order valence-electron chi connectivity index (χ2n) is 7.08. The molecule has 0 N–H and O–H groups in total. The zero-order chi connectivity index (χ0) is 18.5. The van der Waals surface area contributed by atoms with E-state index in [1.807, 2.05) is 17.9 Å². The van der Waals surface area contributed by atoms with Crippen molar-refractivity contribution in [1.29, 1.82) is 0 Å². The molecular formula is C19H28N4O2S. The molecule has 1 amide bonds. The first-order valence-corrected chi connectivity index (χ1v) is 10.5. The van der Waals surface area contributed by atoms with Gasteiger partial charge in [0.05, 0.1) is 17.6 Å². The van der Waals surface area contributed by atoms with E-state index in [2.05, 4.69) is 28.6 Å². The predicted molar refractivity (Wildman–Crippen MR) is 103 cm³/mol. The number of piperidine rings is 1. The zero-order valence-electron chi connectivity index (χ0n) is 15.9. The van der Waals surface area contributed by atoms with Crippen molar-refractivity contribution in [3.63, 3.8) is 0 Å². The summed E-state index contributed by atoms with van der Waals surface area (Å²) in [5, 5.41) is 9.56. The lowest BCUT2D eigenvalue weighted by Crippen LogP contribution is -2.40. The molecule has 0 bridgehead atoms. The normalized spacial score (nSPS) is 17.7. The lowest BCUT2D eigenvalue weighted by molar-refractivity contribution is -0.130. The van der Waals surface area contributed by atoms with Crippen molar-refractivity contribution in [2.24, 2.45) is 5.92 Å². The fourth-order valence-corrected chi connectivity index (χ4v) is 4.23. The lowest BCUT2D eigenvalue weighted by Gasteiger charge is -2.30. The molecule has 3 heterocycles. The molecule has 3 rings (SSSR count). The lowest BCUT2D eigenvalue weighted by atomic mass is 10.0. The maximum atomic E-state index is 12.6. The molecule has 6 nitrogen and oxygen atoms in total. The Balaban J connectivity index is 1.72. The van der Waals surface area contributed by atoms with Gasteiger partial charge in [-0.2, -0.15) is 0 Å². The number of carbonyl (C=O) groups excluding carboxylic acids is 1. The number of thioether (sulfide) groups is 1. The first kappa shape index (κ1) is 19.0. The third kappa shape index (κ3) is 4.31. The number of nitrogens with zero attached hydrogens (tertiary/aromatic N) is 4. The second kappa shape index (κ2) is 8.75. The summed E-state index contributed by atoms with van der Waals surface area (Å²) < 4.78 is 7.55. The van der Waals surface area contributed by atoms with Crippen molar-refractivity contribution in [2.45, 2.75) is 58.2 Å². The summed E-state index contributed by atoms with van der Waals surface area (Å²) in [6.07, 6.45) is 6.14. The molecule has 0 saturated carbocycles. The summed E-state index contributed by atoms with van der Waals surface area (Å²) >= 11 is 1.49. The Hall–Kier alpha value is -1.76. The van der Waals surface area contributed by atoms with Gasteiger partial charge in [0.25, 0.3) is 0 Å². The standard InChI is InChI=1S/C19H28N4O2S/c1-4-5-10-23-18(16-8-11-25-15(16)3)20-21-19(23)26-13-17(24)22-9-6-7-14(2)12-22/h8,11,14H,4-7,9-10,12-13H2,1-3H3. The third-order valence-electron chi connectivity index (χ3n) is 4.89. The minimum absolute atomic E-state index is 0.202. The van der Waals surface area contributed by atoms with Crippen molar-refractivity contribution in [3.8, 4) is 11.4 Å². The van der Waals surface area contributed by atoms with Crippen LogP contribution in [0.25, 0.3) is 11.4 Å². The van der Waals surface area contributed by atoms with Crippen molar-refractivity contribution in [2.75, 3.05) is 18.8 Å². The van der Waals surface area contributed by atoms with E-state index in [1.165, 1.54) is 18.2 Å². The van der Waals surface area contributed by atoms with E-state index in [4.69, 9.17) is 4.42 Å². The summed E-state index contributed by atoms with van der Waals surface area (Å²) in [6, 6.07) is 1.93. The maximum Gasteiger partial charge on any atom is 0.233 e. The molecule has 2 aromatic rings. The van der Waals surface area contributed by atoms with Crippen LogP contribution in [0.5, 0.6) is 0 Å². The third-order valence-corrected chi connectivity index (χ3v) is 5.84. The molecular weight excluding hydrogens is 348 g/mol. The van der Waals surface area contributed by atoms with Gasteiger partial charge in [0.1, 0.15) is 5.76 Å². The molecule has 1 atom stereocenters. The number of rotatable bonds is 7. The largest absolute Gasteiger partial charge is 0.469 e. The van der Waals surface area contributed by atoms with Gasteiger partial charge in [-0.05, 0) is 38.2 Å². The SMILES string of the molecule is CCCCn1c(SCC(=O)N2CCCC(C)C2)nnc1-c1ccoc1C. The molecule has 0 aliphatic carbocycles. The van der Waals surface area contributed by atoms with E-state index in [1.54, 1.807) is 6.26 Å². The van der Waals surface area contributed by atoms with Gasteiger partial charge in [-0.25, -0.2) is 0 Å². The van der Waals surface area contributed by atoms with Crippen LogP contribution in [-0.4, -0.2) is 44.4 Å². The van der Waals surface area contributed by atoms with Crippen molar-refractivity contribution < 1.29 is 9.21 Å². The first-order chi connectivity index (χ1) is 12.6. The van der Waals surface area contributed by atoms with Crippen LogP contribution in [0.15, 0.2) is 21.9 Å². The number of hydrogen-bond donors (Lipinski definition) is 0. The fourth-order valence-electron chi connectivity index (χ4n) is 3.36. The van der Waals surface area contributed by atoms with Crippen LogP contribution in [0.4, 0.5) is 0 Å². The quantitative estimate of drug-likeness (QED) is 0.684. The van der Waals surface area contributed by atoms with Crippen LogP contribution < -0.4 is 0 Å². The van der Waals surface area contributed by atoms with Gasteiger partial charge >= 0.3 is 0 Å².